The minimum absolute atomic E-state index is 0.260. The van der Waals surface area contributed by atoms with Crippen LogP contribution in [0.5, 0.6) is 0 Å². The molecule has 2 aromatic carbocycles. The van der Waals surface area contributed by atoms with Crippen LogP contribution in [0.25, 0.3) is 22.8 Å². The van der Waals surface area contributed by atoms with Crippen LogP contribution >= 0.6 is 23.2 Å². The number of hydrogen-bond acceptors (Lipinski definition) is 4. The van der Waals surface area contributed by atoms with Gasteiger partial charge in [0.2, 0.25) is 0 Å². The van der Waals surface area contributed by atoms with Gasteiger partial charge in [-0.05, 0) is 43.0 Å². The molecule has 0 atom stereocenters. The van der Waals surface area contributed by atoms with Gasteiger partial charge in [0.25, 0.3) is 0 Å². The molecule has 0 spiro atoms. The summed E-state index contributed by atoms with van der Waals surface area (Å²) in [6.07, 6.45) is -0.700. The molecule has 0 fully saturated rings. The first kappa shape index (κ1) is 23.6. The molecule has 180 valence electrons. The van der Waals surface area contributed by atoms with Crippen LogP contribution in [0.3, 0.4) is 0 Å². The number of nitrogens with one attached hydrogen (secondary N) is 1. The summed E-state index contributed by atoms with van der Waals surface area (Å²) < 4.78 is 40.3. The Hall–Kier alpha value is -3.10. The molecule has 0 amide bonds. The largest absolute Gasteiger partial charge is 0.434 e. The monoisotopic (exact) mass is 517 g/mol. The first-order valence-electron chi connectivity index (χ1n) is 11.0. The molecule has 0 bridgehead atoms. The molecule has 10 heteroatoms. The fourth-order valence-electron chi connectivity index (χ4n) is 4.22. The Morgan fingerprint density at radius 1 is 0.943 bits per heavy atom. The van der Waals surface area contributed by atoms with E-state index in [-0.39, 0.29) is 5.82 Å². The molecule has 2 heterocycles. The SMILES string of the molecule is Cn1cc(C(F)(F)F)nc1-c1ccc(CNc2nc(-c3cc(Cl)cc(Cl)c3)nc3c2CCC3)cc1. The molecule has 1 aliphatic carbocycles. The third kappa shape index (κ3) is 4.99. The van der Waals surface area contributed by atoms with Crippen LogP contribution in [0, 0.1) is 0 Å². The number of nitrogens with zero attached hydrogens (tertiary/aromatic N) is 4. The number of aromatic nitrogens is 4. The van der Waals surface area contributed by atoms with E-state index < -0.39 is 11.9 Å². The van der Waals surface area contributed by atoms with Gasteiger partial charge in [-0.25, -0.2) is 15.0 Å². The van der Waals surface area contributed by atoms with Crippen molar-refractivity contribution in [2.45, 2.75) is 32.0 Å². The fourth-order valence-corrected chi connectivity index (χ4v) is 4.75. The van der Waals surface area contributed by atoms with Crippen LogP contribution < -0.4 is 5.32 Å². The average molecular weight is 518 g/mol. The number of alkyl halides is 3. The fraction of sp³-hybridized carbons (Fsp3) is 0.240. The molecule has 0 saturated carbocycles. The van der Waals surface area contributed by atoms with Gasteiger partial charge in [-0.1, -0.05) is 47.5 Å². The van der Waals surface area contributed by atoms with E-state index in [4.69, 9.17) is 33.2 Å². The smallest absolute Gasteiger partial charge is 0.366 e. The highest BCUT2D eigenvalue weighted by Crippen LogP contribution is 2.33. The van der Waals surface area contributed by atoms with Crippen molar-refractivity contribution in [1.82, 2.24) is 19.5 Å². The predicted molar refractivity (Wildman–Crippen MR) is 130 cm³/mol. The molecule has 1 N–H and O–H groups in total. The summed E-state index contributed by atoms with van der Waals surface area (Å²) in [5.41, 5.74) is 3.52. The van der Waals surface area contributed by atoms with E-state index >= 15 is 0 Å². The normalized spacial score (nSPS) is 13.2. The van der Waals surface area contributed by atoms with Crippen molar-refractivity contribution in [3.63, 3.8) is 0 Å². The topological polar surface area (TPSA) is 55.6 Å². The Kier molecular flexibility index (Phi) is 6.19. The number of rotatable bonds is 5. The van der Waals surface area contributed by atoms with Crippen molar-refractivity contribution in [2.75, 3.05) is 5.32 Å². The standard InChI is InChI=1S/C25H20Cl2F3N5/c1-35-13-21(25(28,29)30)33-24(35)15-7-5-14(6-8-15)12-31-23-19-3-2-4-20(19)32-22(34-23)16-9-17(26)11-18(27)10-16/h5-11,13H,2-4,12H2,1H3,(H,31,32,34). The highest BCUT2D eigenvalue weighted by Gasteiger charge is 2.34. The summed E-state index contributed by atoms with van der Waals surface area (Å²) in [4.78, 5) is 13.2. The zero-order valence-electron chi connectivity index (χ0n) is 18.6. The maximum atomic E-state index is 13.0. The molecule has 2 aromatic heterocycles. The lowest BCUT2D eigenvalue weighted by atomic mass is 10.1. The van der Waals surface area contributed by atoms with Gasteiger partial charge in [-0.3, -0.25) is 0 Å². The van der Waals surface area contributed by atoms with E-state index in [1.165, 1.54) is 4.57 Å². The van der Waals surface area contributed by atoms with Crippen molar-refractivity contribution < 1.29 is 13.2 Å². The molecule has 1 aliphatic rings. The molecule has 0 radical (unpaired) electrons. The quantitative estimate of drug-likeness (QED) is 0.310. The summed E-state index contributed by atoms with van der Waals surface area (Å²) in [5, 5.41) is 4.44. The van der Waals surface area contributed by atoms with Crippen LogP contribution in [-0.4, -0.2) is 19.5 Å². The highest BCUT2D eigenvalue weighted by atomic mass is 35.5. The third-order valence-electron chi connectivity index (χ3n) is 5.89. The third-order valence-corrected chi connectivity index (χ3v) is 6.33. The van der Waals surface area contributed by atoms with Gasteiger partial charge < -0.3 is 9.88 Å². The molecule has 5 nitrogen and oxygen atoms in total. The van der Waals surface area contributed by atoms with Crippen molar-refractivity contribution in [3.05, 3.63) is 81.2 Å². The lowest BCUT2D eigenvalue weighted by Gasteiger charge is -2.13. The van der Waals surface area contributed by atoms with Gasteiger partial charge >= 0.3 is 6.18 Å². The van der Waals surface area contributed by atoms with E-state index in [0.717, 1.165) is 53.7 Å². The maximum absolute atomic E-state index is 13.0. The summed E-state index contributed by atoms with van der Waals surface area (Å²) in [6.45, 7) is 0.494. The second kappa shape index (κ2) is 9.17. The number of halogens is 5. The summed E-state index contributed by atoms with van der Waals surface area (Å²) in [6, 6.07) is 12.5. The number of hydrogen-bond donors (Lipinski definition) is 1. The van der Waals surface area contributed by atoms with Crippen molar-refractivity contribution in [2.24, 2.45) is 7.05 Å². The molecule has 5 rings (SSSR count). The molecular weight excluding hydrogens is 498 g/mol. The van der Waals surface area contributed by atoms with Gasteiger partial charge in [0, 0.05) is 52.2 Å². The first-order chi connectivity index (χ1) is 16.7. The molecule has 0 aliphatic heterocycles. The second-order valence-electron chi connectivity index (χ2n) is 8.44. The lowest BCUT2D eigenvalue weighted by molar-refractivity contribution is -0.140. The number of fused-ring (bicyclic) bond motifs is 1. The minimum atomic E-state index is -4.48. The molecular formula is C25H20Cl2F3N5. The van der Waals surface area contributed by atoms with E-state index in [0.29, 0.717) is 28.0 Å². The molecule has 0 unspecified atom stereocenters. The lowest BCUT2D eigenvalue weighted by Crippen LogP contribution is -2.07. The van der Waals surface area contributed by atoms with Crippen LogP contribution in [0.15, 0.2) is 48.7 Å². The van der Waals surface area contributed by atoms with Crippen molar-refractivity contribution in [3.8, 4) is 22.8 Å². The second-order valence-corrected chi connectivity index (χ2v) is 9.31. The highest BCUT2D eigenvalue weighted by molar-refractivity contribution is 6.35. The van der Waals surface area contributed by atoms with Crippen LogP contribution in [0.2, 0.25) is 10.0 Å². The number of imidazole rings is 1. The van der Waals surface area contributed by atoms with Gasteiger partial charge in [-0.2, -0.15) is 13.2 Å². The van der Waals surface area contributed by atoms with Gasteiger partial charge in [0.15, 0.2) is 11.5 Å². The van der Waals surface area contributed by atoms with E-state index in [1.807, 2.05) is 12.1 Å². The zero-order chi connectivity index (χ0) is 24.7. The summed E-state index contributed by atoms with van der Waals surface area (Å²) in [7, 11) is 1.55. The van der Waals surface area contributed by atoms with Gasteiger partial charge in [0.05, 0.1) is 0 Å². The van der Waals surface area contributed by atoms with Crippen LogP contribution in [-0.2, 0) is 32.6 Å². The minimum Gasteiger partial charge on any atom is -0.366 e. The predicted octanol–water partition coefficient (Wildman–Crippen LogP) is 6.97. The summed E-state index contributed by atoms with van der Waals surface area (Å²) >= 11 is 12.3. The molecule has 4 aromatic rings. The Balaban J connectivity index is 1.37. The van der Waals surface area contributed by atoms with Gasteiger partial charge in [-0.15, -0.1) is 0 Å². The Morgan fingerprint density at radius 3 is 2.31 bits per heavy atom. The van der Waals surface area contributed by atoms with Crippen molar-refractivity contribution >= 4 is 29.0 Å². The van der Waals surface area contributed by atoms with Crippen LogP contribution in [0.1, 0.15) is 28.9 Å². The van der Waals surface area contributed by atoms with Crippen LogP contribution in [0.4, 0.5) is 19.0 Å². The van der Waals surface area contributed by atoms with E-state index in [1.54, 1.807) is 37.4 Å². The van der Waals surface area contributed by atoms with E-state index in [9.17, 15) is 13.2 Å². The Morgan fingerprint density at radius 2 is 1.66 bits per heavy atom. The number of anilines is 1. The first-order valence-corrected chi connectivity index (χ1v) is 11.7. The molecule has 0 saturated heterocycles. The van der Waals surface area contributed by atoms with Crippen molar-refractivity contribution in [1.29, 1.82) is 0 Å². The Bertz CT molecular complexity index is 1380. The Labute approximate surface area is 210 Å². The maximum Gasteiger partial charge on any atom is 0.434 e. The van der Waals surface area contributed by atoms with Gasteiger partial charge in [0.1, 0.15) is 11.6 Å². The zero-order valence-corrected chi connectivity index (χ0v) is 20.1. The molecule has 35 heavy (non-hydrogen) atoms. The number of aryl methyl sites for hydroxylation is 2. The summed E-state index contributed by atoms with van der Waals surface area (Å²) in [5.74, 6) is 1.58. The number of benzene rings is 2. The van der Waals surface area contributed by atoms with E-state index in [2.05, 4.69) is 10.3 Å². The average Bonchev–Trinajstić information content (AvgIpc) is 3.43.